The summed E-state index contributed by atoms with van der Waals surface area (Å²) in [5.74, 6) is 2.40. The summed E-state index contributed by atoms with van der Waals surface area (Å²) in [6.45, 7) is 0. The third-order valence-corrected chi connectivity index (χ3v) is 6.60. The van der Waals surface area contributed by atoms with E-state index in [0.717, 1.165) is 29.7 Å². The molecule has 0 amide bonds. The molecule has 1 aromatic rings. The van der Waals surface area contributed by atoms with E-state index in [1.54, 1.807) is 6.07 Å². The first-order chi connectivity index (χ1) is 10.0. The lowest BCUT2D eigenvalue weighted by Gasteiger charge is -2.59. The molecule has 0 radical (unpaired) electrons. The lowest BCUT2D eigenvalue weighted by molar-refractivity contribution is -0.0667. The number of nitrogens with two attached hydrogens (primary N) is 1. The van der Waals surface area contributed by atoms with Crippen molar-refractivity contribution in [2.24, 2.45) is 28.9 Å². The van der Waals surface area contributed by atoms with Gasteiger partial charge in [0.25, 0.3) is 0 Å². The van der Waals surface area contributed by atoms with Crippen LogP contribution in [0.1, 0.15) is 44.1 Å². The fraction of sp³-hybridized carbons (Fsp3) is 0.667. The molecule has 4 bridgehead atoms. The zero-order chi connectivity index (χ0) is 14.6. The zero-order valence-corrected chi connectivity index (χ0v) is 13.1. The van der Waals surface area contributed by atoms with Crippen LogP contribution in [0.4, 0.5) is 4.39 Å². The van der Waals surface area contributed by atoms with Crippen molar-refractivity contribution >= 4 is 11.6 Å². The summed E-state index contributed by atoms with van der Waals surface area (Å²) in [5.41, 5.74) is 8.07. The predicted octanol–water partition coefficient (Wildman–Crippen LogP) is 4.57. The van der Waals surface area contributed by atoms with Crippen molar-refractivity contribution in [1.82, 2.24) is 0 Å². The summed E-state index contributed by atoms with van der Waals surface area (Å²) in [5, 5.41) is 0.213. The van der Waals surface area contributed by atoms with E-state index in [2.05, 4.69) is 0 Å². The Morgan fingerprint density at radius 2 is 1.71 bits per heavy atom. The number of benzene rings is 1. The third-order valence-electron chi connectivity index (χ3n) is 6.31. The maximum Gasteiger partial charge on any atom is 0.141 e. The Morgan fingerprint density at radius 3 is 2.24 bits per heavy atom. The van der Waals surface area contributed by atoms with Crippen LogP contribution in [-0.4, -0.2) is 6.04 Å². The van der Waals surface area contributed by atoms with Crippen molar-refractivity contribution in [1.29, 1.82) is 0 Å². The van der Waals surface area contributed by atoms with Gasteiger partial charge in [-0.3, -0.25) is 0 Å². The third kappa shape index (κ3) is 2.41. The summed E-state index contributed by atoms with van der Waals surface area (Å²) >= 11 is 5.90. The average molecular weight is 308 g/mol. The van der Waals surface area contributed by atoms with Crippen molar-refractivity contribution in [3.05, 3.63) is 34.6 Å². The molecule has 1 atom stereocenters. The van der Waals surface area contributed by atoms with Crippen molar-refractivity contribution in [2.45, 2.75) is 51.0 Å². The Morgan fingerprint density at radius 1 is 1.14 bits per heavy atom. The van der Waals surface area contributed by atoms with E-state index in [9.17, 15) is 4.39 Å². The molecule has 4 saturated carbocycles. The SMILES string of the molecule is NC(Cc1ccc(F)c(Cl)c1)C12CC3CC(CC(C3)C1)C2. The largest absolute Gasteiger partial charge is 0.327 e. The monoisotopic (exact) mass is 307 g/mol. The molecule has 1 aromatic carbocycles. The molecule has 0 spiro atoms. The highest BCUT2D eigenvalue weighted by atomic mass is 35.5. The second-order valence-electron chi connectivity index (χ2n) is 7.84. The van der Waals surface area contributed by atoms with E-state index in [4.69, 9.17) is 17.3 Å². The molecule has 4 aliphatic carbocycles. The molecule has 4 fully saturated rings. The number of hydrogen-bond acceptors (Lipinski definition) is 1. The average Bonchev–Trinajstić information content (AvgIpc) is 2.41. The van der Waals surface area contributed by atoms with Crippen LogP contribution < -0.4 is 5.73 Å². The lowest BCUT2D eigenvalue weighted by atomic mass is 9.47. The fourth-order valence-electron chi connectivity index (χ4n) is 5.77. The molecule has 1 nitrogen and oxygen atoms in total. The number of halogens is 2. The Balaban J connectivity index is 1.54. The van der Waals surface area contributed by atoms with Gasteiger partial charge in [0.1, 0.15) is 5.82 Å². The van der Waals surface area contributed by atoms with Crippen molar-refractivity contribution < 1.29 is 4.39 Å². The molecule has 0 heterocycles. The standard InChI is InChI=1S/C18H23ClFN/c19-15-6-11(1-2-16(15)20)7-17(21)18-8-12-3-13(9-18)5-14(4-12)10-18/h1-2,6,12-14,17H,3-5,7-10,21H2. The summed E-state index contributed by atoms with van der Waals surface area (Å²) in [6.07, 6.45) is 9.09. The van der Waals surface area contributed by atoms with Crippen LogP contribution in [0, 0.1) is 29.0 Å². The normalized spacial score (nSPS) is 38.7. The summed E-state index contributed by atoms with van der Waals surface area (Å²) in [7, 11) is 0. The van der Waals surface area contributed by atoms with Crippen LogP contribution in [0.15, 0.2) is 18.2 Å². The summed E-state index contributed by atoms with van der Waals surface area (Å²) in [4.78, 5) is 0. The van der Waals surface area contributed by atoms with Gasteiger partial charge in [-0.2, -0.15) is 0 Å². The minimum absolute atomic E-state index is 0.187. The second-order valence-corrected chi connectivity index (χ2v) is 8.25. The molecule has 21 heavy (non-hydrogen) atoms. The lowest BCUT2D eigenvalue weighted by Crippen LogP contribution is -2.55. The van der Waals surface area contributed by atoms with Crippen molar-refractivity contribution in [3.8, 4) is 0 Å². The predicted molar refractivity (Wildman–Crippen MR) is 83.7 cm³/mol. The van der Waals surface area contributed by atoms with Gasteiger partial charge in [0.2, 0.25) is 0 Å². The number of hydrogen-bond donors (Lipinski definition) is 1. The van der Waals surface area contributed by atoms with Crippen LogP contribution in [0.2, 0.25) is 5.02 Å². The van der Waals surface area contributed by atoms with E-state index in [1.807, 2.05) is 6.07 Å². The van der Waals surface area contributed by atoms with Gasteiger partial charge in [-0.15, -0.1) is 0 Å². The maximum atomic E-state index is 13.3. The summed E-state index contributed by atoms with van der Waals surface area (Å²) in [6, 6.07) is 5.23. The van der Waals surface area contributed by atoms with Gasteiger partial charge in [-0.1, -0.05) is 17.7 Å². The van der Waals surface area contributed by atoms with Crippen LogP contribution in [0.5, 0.6) is 0 Å². The van der Waals surface area contributed by atoms with Crippen molar-refractivity contribution in [2.75, 3.05) is 0 Å². The topological polar surface area (TPSA) is 26.0 Å². The van der Waals surface area contributed by atoms with Gasteiger partial charge in [0.05, 0.1) is 5.02 Å². The molecule has 0 aliphatic heterocycles. The van der Waals surface area contributed by atoms with Crippen molar-refractivity contribution in [3.63, 3.8) is 0 Å². The first kappa shape index (κ1) is 14.0. The smallest absolute Gasteiger partial charge is 0.141 e. The van der Waals surface area contributed by atoms with Crippen LogP contribution in [0.3, 0.4) is 0 Å². The van der Waals surface area contributed by atoms with E-state index >= 15 is 0 Å². The molecule has 3 heteroatoms. The first-order valence-electron chi connectivity index (χ1n) is 8.23. The quantitative estimate of drug-likeness (QED) is 0.870. The molecular formula is C18H23ClFN. The minimum Gasteiger partial charge on any atom is -0.327 e. The van der Waals surface area contributed by atoms with Gasteiger partial charge in [-0.25, -0.2) is 4.39 Å². The highest BCUT2D eigenvalue weighted by molar-refractivity contribution is 6.30. The molecule has 0 saturated heterocycles. The Kier molecular flexibility index (Phi) is 3.31. The van der Waals surface area contributed by atoms with Crippen LogP contribution in [0.25, 0.3) is 0 Å². The molecule has 0 aromatic heterocycles. The molecule has 1 unspecified atom stereocenters. The van der Waals surface area contributed by atoms with E-state index in [0.29, 0.717) is 5.41 Å². The van der Waals surface area contributed by atoms with E-state index < -0.39 is 0 Å². The highest BCUT2D eigenvalue weighted by Gasteiger charge is 2.53. The number of rotatable bonds is 3. The van der Waals surface area contributed by atoms with Gasteiger partial charge >= 0.3 is 0 Å². The first-order valence-corrected chi connectivity index (χ1v) is 8.61. The van der Waals surface area contributed by atoms with Gasteiger partial charge in [0.15, 0.2) is 0 Å². The minimum atomic E-state index is -0.344. The Bertz CT molecular complexity index is 521. The van der Waals surface area contributed by atoms with Gasteiger partial charge in [0, 0.05) is 6.04 Å². The van der Waals surface area contributed by atoms with Gasteiger partial charge in [-0.05, 0) is 85.8 Å². The Labute approximate surface area is 131 Å². The highest BCUT2D eigenvalue weighted by Crippen LogP contribution is 2.61. The van der Waals surface area contributed by atoms with Crippen LogP contribution >= 0.6 is 11.6 Å². The maximum absolute atomic E-state index is 13.3. The zero-order valence-electron chi connectivity index (χ0n) is 12.3. The fourth-order valence-corrected chi connectivity index (χ4v) is 5.97. The molecule has 114 valence electrons. The molecule has 4 aliphatic rings. The second kappa shape index (κ2) is 4.96. The van der Waals surface area contributed by atoms with Crippen LogP contribution in [-0.2, 0) is 6.42 Å². The van der Waals surface area contributed by atoms with Gasteiger partial charge < -0.3 is 5.73 Å². The molecular weight excluding hydrogens is 285 g/mol. The Hall–Kier alpha value is -0.600. The molecule has 2 N–H and O–H groups in total. The van der Waals surface area contributed by atoms with E-state index in [-0.39, 0.29) is 16.9 Å². The summed E-state index contributed by atoms with van der Waals surface area (Å²) < 4.78 is 13.3. The molecule has 5 rings (SSSR count). The van der Waals surface area contributed by atoms with E-state index in [1.165, 1.54) is 44.6 Å².